The highest BCUT2D eigenvalue weighted by Gasteiger charge is 2.26. The lowest BCUT2D eigenvalue weighted by Gasteiger charge is -2.28. The summed E-state index contributed by atoms with van der Waals surface area (Å²) < 4.78 is 5.64. The average molecular weight is 232 g/mol. The molecule has 0 amide bonds. The molecule has 0 aliphatic carbocycles. The van der Waals surface area contributed by atoms with Gasteiger partial charge in [-0.2, -0.15) is 0 Å². The Bertz CT molecular complexity index is 456. The Kier molecular flexibility index (Phi) is 3.27. The van der Waals surface area contributed by atoms with E-state index in [9.17, 15) is 0 Å². The molecule has 0 spiro atoms. The van der Waals surface area contributed by atoms with Crippen molar-refractivity contribution >= 4 is 18.4 Å². The van der Waals surface area contributed by atoms with Crippen LogP contribution in [-0.2, 0) is 0 Å². The monoisotopic (exact) mass is 232 g/mol. The molecule has 2 atom stereocenters. The molecule has 1 aliphatic heterocycles. The van der Waals surface area contributed by atoms with Crippen LogP contribution in [0.25, 0.3) is 0 Å². The summed E-state index contributed by atoms with van der Waals surface area (Å²) >= 11 is 0. The van der Waals surface area contributed by atoms with Crippen LogP contribution in [0, 0.1) is 0 Å². The first-order chi connectivity index (χ1) is 8.26. The predicted octanol–water partition coefficient (Wildman–Crippen LogP) is 1.16. The van der Waals surface area contributed by atoms with E-state index < -0.39 is 0 Å². The number of fused-ring (bicyclic) bond motifs is 1. The first-order valence-corrected chi connectivity index (χ1v) is 5.50. The Morgan fingerprint density at radius 1 is 1.35 bits per heavy atom. The lowest BCUT2D eigenvalue weighted by molar-refractivity contribution is 0.246. The smallest absolute Gasteiger partial charge is 0.123 e. The fourth-order valence-corrected chi connectivity index (χ4v) is 2.00. The molecule has 90 valence electrons. The maximum atomic E-state index is 5.64. The first-order valence-electron chi connectivity index (χ1n) is 5.50. The maximum absolute atomic E-state index is 5.64. The number of aliphatic imine (C=N–C) groups is 2. The van der Waals surface area contributed by atoms with Gasteiger partial charge in [-0.1, -0.05) is 6.92 Å². The predicted molar refractivity (Wildman–Crippen MR) is 69.2 cm³/mol. The minimum absolute atomic E-state index is 0.0598. The second-order valence-corrected chi connectivity index (χ2v) is 3.97. The molecule has 0 saturated heterocycles. The molecule has 0 saturated carbocycles. The molecule has 0 unspecified atom stereocenters. The Hall–Kier alpha value is -2.04. The van der Waals surface area contributed by atoms with Gasteiger partial charge < -0.3 is 16.2 Å². The number of nitrogens with zero attached hydrogens (tertiary/aromatic N) is 2. The van der Waals surface area contributed by atoms with Crippen LogP contribution in [-0.4, -0.2) is 25.3 Å². The second-order valence-electron chi connectivity index (χ2n) is 3.97. The van der Waals surface area contributed by atoms with Gasteiger partial charge in [-0.25, -0.2) is 4.99 Å². The third-order valence-electron chi connectivity index (χ3n) is 2.97. The number of rotatable bonds is 2. The van der Waals surface area contributed by atoms with E-state index in [1.54, 1.807) is 0 Å². The highest BCUT2D eigenvalue weighted by Crippen LogP contribution is 2.37. The Balaban J connectivity index is 2.35. The zero-order valence-corrected chi connectivity index (χ0v) is 9.71. The van der Waals surface area contributed by atoms with E-state index in [1.165, 1.54) is 12.7 Å². The van der Waals surface area contributed by atoms with Crippen LogP contribution >= 0.6 is 0 Å². The molecule has 17 heavy (non-hydrogen) atoms. The number of ether oxygens (including phenoxy) is 1. The second kappa shape index (κ2) is 4.86. The minimum Gasteiger partial charge on any atom is -0.491 e. The van der Waals surface area contributed by atoms with Gasteiger partial charge in [0.05, 0.1) is 24.4 Å². The minimum atomic E-state index is 0.0598. The molecule has 2 rings (SSSR count). The van der Waals surface area contributed by atoms with E-state index in [4.69, 9.17) is 16.2 Å². The van der Waals surface area contributed by atoms with Crippen LogP contribution in [0.5, 0.6) is 5.75 Å². The van der Waals surface area contributed by atoms with Gasteiger partial charge in [0.15, 0.2) is 0 Å². The van der Waals surface area contributed by atoms with Crippen molar-refractivity contribution in [3.63, 3.8) is 0 Å². The van der Waals surface area contributed by atoms with Crippen molar-refractivity contribution in [1.82, 2.24) is 0 Å². The molecule has 1 aliphatic rings. The number of benzene rings is 1. The van der Waals surface area contributed by atoms with Crippen molar-refractivity contribution in [2.75, 3.05) is 6.61 Å². The molecule has 0 fully saturated rings. The normalized spacial score (nSPS) is 23.8. The van der Waals surface area contributed by atoms with E-state index in [2.05, 4.69) is 16.9 Å². The molecular weight excluding hydrogens is 216 g/mol. The molecule has 1 heterocycles. The lowest BCUT2D eigenvalue weighted by Crippen LogP contribution is -2.28. The zero-order chi connectivity index (χ0) is 12.3. The van der Waals surface area contributed by atoms with E-state index >= 15 is 0 Å². The topological polar surface area (TPSA) is 86.0 Å². The largest absolute Gasteiger partial charge is 0.491 e. The summed E-state index contributed by atoms with van der Waals surface area (Å²) in [5, 5.41) is 0. The van der Waals surface area contributed by atoms with Crippen LogP contribution in [0.1, 0.15) is 18.4 Å². The van der Waals surface area contributed by atoms with Crippen LogP contribution < -0.4 is 16.2 Å². The third kappa shape index (κ3) is 2.22. The molecule has 5 nitrogen and oxygen atoms in total. The van der Waals surface area contributed by atoms with Gasteiger partial charge in [0.25, 0.3) is 0 Å². The van der Waals surface area contributed by atoms with Gasteiger partial charge in [0.1, 0.15) is 12.4 Å². The van der Waals surface area contributed by atoms with Crippen molar-refractivity contribution in [3.8, 4) is 5.75 Å². The molecule has 1 aromatic carbocycles. The van der Waals surface area contributed by atoms with Gasteiger partial charge >= 0.3 is 0 Å². The molecule has 1 aromatic rings. The molecule has 5 heteroatoms. The van der Waals surface area contributed by atoms with Gasteiger partial charge in [-0.15, -0.1) is 0 Å². The Labute approximate surface area is 100 Å². The van der Waals surface area contributed by atoms with Crippen molar-refractivity contribution in [1.29, 1.82) is 0 Å². The molecule has 0 bridgehead atoms. The standard InChI is InChI=1S/C12H16N4O/c1-8-10-4-9(15-6-13)2-3-12(10)17-5-11(8)16-7-14/h2-4,6-8,11H,5H2,1H3,(H2,13,15)(H2,14,16)/t8-,11-/m0/s1. The lowest BCUT2D eigenvalue weighted by atomic mass is 9.91. The van der Waals surface area contributed by atoms with E-state index in [1.807, 2.05) is 18.2 Å². The number of hydrogen-bond donors (Lipinski definition) is 2. The highest BCUT2D eigenvalue weighted by molar-refractivity contribution is 5.61. The average Bonchev–Trinajstić information content (AvgIpc) is 2.34. The van der Waals surface area contributed by atoms with Crippen LogP contribution in [0.3, 0.4) is 0 Å². The molecule has 0 radical (unpaired) electrons. The zero-order valence-electron chi connectivity index (χ0n) is 9.71. The Morgan fingerprint density at radius 2 is 2.18 bits per heavy atom. The van der Waals surface area contributed by atoms with Crippen LogP contribution in [0.15, 0.2) is 28.2 Å². The van der Waals surface area contributed by atoms with Gasteiger partial charge in [-0.05, 0) is 18.2 Å². The maximum Gasteiger partial charge on any atom is 0.123 e. The summed E-state index contributed by atoms with van der Waals surface area (Å²) in [6, 6.07) is 5.82. The summed E-state index contributed by atoms with van der Waals surface area (Å²) in [5.74, 6) is 1.14. The van der Waals surface area contributed by atoms with Gasteiger partial charge in [0, 0.05) is 11.5 Å². The van der Waals surface area contributed by atoms with E-state index in [-0.39, 0.29) is 12.0 Å². The van der Waals surface area contributed by atoms with Crippen LogP contribution in [0.4, 0.5) is 5.69 Å². The quantitative estimate of drug-likeness (QED) is 0.592. The molecular formula is C12H16N4O. The van der Waals surface area contributed by atoms with Crippen LogP contribution in [0.2, 0.25) is 0 Å². The van der Waals surface area contributed by atoms with Crippen molar-refractivity contribution in [2.45, 2.75) is 18.9 Å². The summed E-state index contributed by atoms with van der Waals surface area (Å²) in [4.78, 5) is 8.26. The summed E-state index contributed by atoms with van der Waals surface area (Å²) in [7, 11) is 0. The third-order valence-corrected chi connectivity index (χ3v) is 2.97. The summed E-state index contributed by atoms with van der Waals surface area (Å²) in [6.45, 7) is 2.66. The highest BCUT2D eigenvalue weighted by atomic mass is 16.5. The SMILES string of the molecule is C[C@H]1c2cc(N=CN)ccc2OC[C@@H]1N=CN. The number of hydrogen-bond acceptors (Lipinski definition) is 3. The van der Waals surface area contributed by atoms with Crippen molar-refractivity contribution < 1.29 is 4.74 Å². The molecule has 4 N–H and O–H groups in total. The molecule has 0 aromatic heterocycles. The van der Waals surface area contributed by atoms with Gasteiger partial charge in [-0.3, -0.25) is 4.99 Å². The summed E-state index contributed by atoms with van der Waals surface area (Å²) in [6.07, 6.45) is 2.61. The van der Waals surface area contributed by atoms with Crippen molar-refractivity contribution in [2.24, 2.45) is 21.5 Å². The Morgan fingerprint density at radius 3 is 2.88 bits per heavy atom. The van der Waals surface area contributed by atoms with Gasteiger partial charge in [0.2, 0.25) is 0 Å². The summed E-state index contributed by atoms with van der Waals surface area (Å²) in [5.41, 5.74) is 12.5. The van der Waals surface area contributed by atoms with E-state index in [0.29, 0.717) is 6.61 Å². The number of nitrogens with two attached hydrogens (primary N) is 2. The fourth-order valence-electron chi connectivity index (χ4n) is 2.00. The first kappa shape index (κ1) is 11.4. The fraction of sp³-hybridized carbons (Fsp3) is 0.333. The van der Waals surface area contributed by atoms with E-state index in [0.717, 1.165) is 17.0 Å². The van der Waals surface area contributed by atoms with Crippen molar-refractivity contribution in [3.05, 3.63) is 23.8 Å².